The molecule has 0 aromatic carbocycles. The summed E-state index contributed by atoms with van der Waals surface area (Å²) in [5, 5.41) is 9.92. The summed E-state index contributed by atoms with van der Waals surface area (Å²) >= 11 is 0. The zero-order chi connectivity index (χ0) is 11.5. The van der Waals surface area contributed by atoms with Crippen molar-refractivity contribution < 1.29 is 13.8 Å². The van der Waals surface area contributed by atoms with E-state index in [0.29, 0.717) is 18.1 Å². The van der Waals surface area contributed by atoms with E-state index in [2.05, 4.69) is 15.6 Å². The lowest BCUT2D eigenvalue weighted by Crippen LogP contribution is -2.23. The lowest BCUT2D eigenvalue weighted by molar-refractivity contribution is 0.0941. The number of nitrogens with zero attached hydrogens (tertiary/aromatic N) is 2. The standard InChI is InChI=1S/C10H11N3O3/c1-6-3-9(13-15-6)10(14)11-4-8-5-12-16-7(8)2/h3,5H,4H2,1-2H3,(H,11,14). The fourth-order valence-electron chi connectivity index (χ4n) is 1.23. The smallest absolute Gasteiger partial charge is 0.273 e. The number of hydrogen-bond donors (Lipinski definition) is 1. The minimum Gasteiger partial charge on any atom is -0.361 e. The van der Waals surface area contributed by atoms with Gasteiger partial charge in [-0.1, -0.05) is 10.3 Å². The Morgan fingerprint density at radius 3 is 2.81 bits per heavy atom. The van der Waals surface area contributed by atoms with Gasteiger partial charge in [0, 0.05) is 18.2 Å². The van der Waals surface area contributed by atoms with Gasteiger partial charge >= 0.3 is 0 Å². The van der Waals surface area contributed by atoms with E-state index in [9.17, 15) is 4.79 Å². The summed E-state index contributed by atoms with van der Waals surface area (Å²) in [4.78, 5) is 11.6. The monoisotopic (exact) mass is 221 g/mol. The summed E-state index contributed by atoms with van der Waals surface area (Å²) in [7, 11) is 0. The van der Waals surface area contributed by atoms with Crippen LogP contribution < -0.4 is 5.32 Å². The SMILES string of the molecule is Cc1cc(C(=O)NCc2cnoc2C)no1. The third-order valence-electron chi connectivity index (χ3n) is 2.15. The molecule has 0 atom stereocenters. The maximum atomic E-state index is 11.6. The highest BCUT2D eigenvalue weighted by Crippen LogP contribution is 2.06. The van der Waals surface area contributed by atoms with Gasteiger partial charge in [0.05, 0.1) is 6.20 Å². The number of amides is 1. The van der Waals surface area contributed by atoms with E-state index in [1.807, 2.05) is 0 Å². The molecular weight excluding hydrogens is 210 g/mol. The molecule has 0 radical (unpaired) electrons. The van der Waals surface area contributed by atoms with Gasteiger partial charge in [-0.25, -0.2) is 0 Å². The summed E-state index contributed by atoms with van der Waals surface area (Å²) < 4.78 is 9.68. The Balaban J connectivity index is 1.96. The first-order valence-corrected chi connectivity index (χ1v) is 4.78. The number of rotatable bonds is 3. The molecule has 0 saturated heterocycles. The molecular formula is C10H11N3O3. The van der Waals surface area contributed by atoms with Crippen molar-refractivity contribution in [1.82, 2.24) is 15.6 Å². The second kappa shape index (κ2) is 4.18. The number of aromatic nitrogens is 2. The highest BCUT2D eigenvalue weighted by atomic mass is 16.5. The Morgan fingerprint density at radius 2 is 2.25 bits per heavy atom. The van der Waals surface area contributed by atoms with Crippen molar-refractivity contribution in [2.75, 3.05) is 0 Å². The van der Waals surface area contributed by atoms with Gasteiger partial charge in [0.15, 0.2) is 5.69 Å². The largest absolute Gasteiger partial charge is 0.361 e. The van der Waals surface area contributed by atoms with Crippen LogP contribution in [0.5, 0.6) is 0 Å². The quantitative estimate of drug-likeness (QED) is 0.842. The average Bonchev–Trinajstić information content (AvgIpc) is 2.84. The molecule has 0 aliphatic heterocycles. The first kappa shape index (κ1) is 10.4. The summed E-state index contributed by atoms with van der Waals surface area (Å²) in [5.41, 5.74) is 1.11. The van der Waals surface area contributed by atoms with Crippen molar-refractivity contribution in [3.63, 3.8) is 0 Å². The second-order valence-electron chi connectivity index (χ2n) is 3.41. The lowest BCUT2D eigenvalue weighted by Gasteiger charge is -1.99. The van der Waals surface area contributed by atoms with Gasteiger partial charge in [-0.2, -0.15) is 0 Å². The van der Waals surface area contributed by atoms with E-state index in [0.717, 1.165) is 5.56 Å². The normalized spacial score (nSPS) is 10.4. The second-order valence-corrected chi connectivity index (χ2v) is 3.41. The van der Waals surface area contributed by atoms with Crippen LogP contribution in [0.4, 0.5) is 0 Å². The summed E-state index contributed by atoms with van der Waals surface area (Å²) in [5.74, 6) is 1.01. The molecule has 0 aliphatic carbocycles. The predicted octanol–water partition coefficient (Wildman–Crippen LogP) is 1.21. The molecule has 1 amide bonds. The van der Waals surface area contributed by atoms with E-state index in [4.69, 9.17) is 9.05 Å². The van der Waals surface area contributed by atoms with Crippen molar-refractivity contribution in [1.29, 1.82) is 0 Å². The van der Waals surface area contributed by atoms with Crippen LogP contribution >= 0.6 is 0 Å². The van der Waals surface area contributed by atoms with Crippen molar-refractivity contribution in [2.45, 2.75) is 20.4 Å². The molecule has 0 fully saturated rings. The highest BCUT2D eigenvalue weighted by Gasteiger charge is 2.11. The molecule has 0 aliphatic rings. The van der Waals surface area contributed by atoms with Crippen LogP contribution in [0.25, 0.3) is 0 Å². The van der Waals surface area contributed by atoms with Crippen LogP contribution in [0.2, 0.25) is 0 Å². The van der Waals surface area contributed by atoms with E-state index in [1.165, 1.54) is 0 Å². The van der Waals surface area contributed by atoms with Crippen molar-refractivity contribution in [3.05, 3.63) is 35.0 Å². The summed E-state index contributed by atoms with van der Waals surface area (Å²) in [6, 6.07) is 1.58. The molecule has 6 nitrogen and oxygen atoms in total. The van der Waals surface area contributed by atoms with E-state index < -0.39 is 0 Å². The van der Waals surface area contributed by atoms with E-state index in [-0.39, 0.29) is 11.6 Å². The molecule has 6 heteroatoms. The minimum absolute atomic E-state index is 0.270. The molecule has 84 valence electrons. The van der Waals surface area contributed by atoms with Gasteiger partial charge in [0.2, 0.25) is 0 Å². The number of nitrogens with one attached hydrogen (secondary N) is 1. The Labute approximate surface area is 91.6 Å². The number of carbonyl (C=O) groups is 1. The fraction of sp³-hybridized carbons (Fsp3) is 0.300. The third kappa shape index (κ3) is 2.10. The van der Waals surface area contributed by atoms with Gasteiger partial charge in [0.25, 0.3) is 5.91 Å². The van der Waals surface area contributed by atoms with Crippen LogP contribution in [0.15, 0.2) is 21.3 Å². The van der Waals surface area contributed by atoms with Crippen LogP contribution in [0.1, 0.15) is 27.6 Å². The molecule has 2 heterocycles. The van der Waals surface area contributed by atoms with Crippen LogP contribution in [-0.4, -0.2) is 16.2 Å². The van der Waals surface area contributed by atoms with Gasteiger partial charge in [-0.15, -0.1) is 0 Å². The summed E-state index contributed by atoms with van der Waals surface area (Å²) in [6.45, 7) is 3.88. The number of carbonyl (C=O) groups excluding carboxylic acids is 1. The Morgan fingerprint density at radius 1 is 1.44 bits per heavy atom. The molecule has 0 saturated carbocycles. The van der Waals surface area contributed by atoms with Crippen LogP contribution in [0, 0.1) is 13.8 Å². The van der Waals surface area contributed by atoms with Gasteiger partial charge in [-0.05, 0) is 13.8 Å². The molecule has 1 N–H and O–H groups in total. The topological polar surface area (TPSA) is 81.2 Å². The zero-order valence-electron chi connectivity index (χ0n) is 8.98. The predicted molar refractivity (Wildman–Crippen MR) is 53.7 cm³/mol. The first-order chi connectivity index (χ1) is 7.66. The lowest BCUT2D eigenvalue weighted by atomic mass is 10.2. The number of aryl methyl sites for hydroxylation is 2. The average molecular weight is 221 g/mol. The molecule has 2 aromatic rings. The van der Waals surface area contributed by atoms with Gasteiger partial charge in [0.1, 0.15) is 11.5 Å². The third-order valence-corrected chi connectivity index (χ3v) is 2.15. The maximum absolute atomic E-state index is 11.6. The van der Waals surface area contributed by atoms with Crippen molar-refractivity contribution in [3.8, 4) is 0 Å². The minimum atomic E-state index is -0.280. The molecule has 2 rings (SSSR count). The van der Waals surface area contributed by atoms with Gasteiger partial charge < -0.3 is 14.4 Å². The Bertz CT molecular complexity index is 501. The highest BCUT2D eigenvalue weighted by molar-refractivity contribution is 5.92. The Kier molecular flexibility index (Phi) is 2.72. The molecule has 0 bridgehead atoms. The summed E-state index contributed by atoms with van der Waals surface area (Å²) in [6.07, 6.45) is 1.57. The van der Waals surface area contributed by atoms with Crippen LogP contribution in [-0.2, 0) is 6.54 Å². The van der Waals surface area contributed by atoms with Gasteiger partial charge in [-0.3, -0.25) is 4.79 Å². The molecule has 2 aromatic heterocycles. The molecule has 0 unspecified atom stereocenters. The fourth-order valence-corrected chi connectivity index (χ4v) is 1.23. The van der Waals surface area contributed by atoms with Crippen LogP contribution in [0.3, 0.4) is 0 Å². The first-order valence-electron chi connectivity index (χ1n) is 4.78. The molecule has 16 heavy (non-hydrogen) atoms. The Hall–Kier alpha value is -2.11. The molecule has 0 spiro atoms. The van der Waals surface area contributed by atoms with Crippen molar-refractivity contribution >= 4 is 5.91 Å². The van der Waals surface area contributed by atoms with Crippen molar-refractivity contribution in [2.24, 2.45) is 0 Å². The zero-order valence-corrected chi connectivity index (χ0v) is 8.98. The van der Waals surface area contributed by atoms with E-state index >= 15 is 0 Å². The van der Waals surface area contributed by atoms with E-state index in [1.54, 1.807) is 26.1 Å². The number of hydrogen-bond acceptors (Lipinski definition) is 5. The maximum Gasteiger partial charge on any atom is 0.273 e.